The average molecular weight is 258 g/mol. The molecular weight excluding hydrogens is 240 g/mol. The number of hydrogen-bond donors (Lipinski definition) is 2. The number of nitrogens with one attached hydrogen (secondary N) is 2. The highest BCUT2D eigenvalue weighted by atomic mass is 15.2. The van der Waals surface area contributed by atoms with Gasteiger partial charge in [-0.3, -0.25) is 5.10 Å². The van der Waals surface area contributed by atoms with E-state index < -0.39 is 0 Å². The Morgan fingerprint density at radius 3 is 3.11 bits per heavy atom. The maximum Gasteiger partial charge on any atom is 0.197 e. The molecule has 0 aromatic carbocycles. The second kappa shape index (κ2) is 5.44. The Bertz CT molecular complexity index is 536. The topological polar surface area (TPSA) is 79.4 Å². The van der Waals surface area contributed by atoms with Gasteiger partial charge in [0, 0.05) is 23.5 Å². The fraction of sp³-hybridized carbons (Fsp3) is 0.538. The van der Waals surface area contributed by atoms with Crippen molar-refractivity contribution in [2.45, 2.75) is 38.6 Å². The van der Waals surface area contributed by atoms with Crippen LogP contribution in [0.15, 0.2) is 12.5 Å². The van der Waals surface area contributed by atoms with E-state index in [0.29, 0.717) is 17.7 Å². The fourth-order valence-corrected chi connectivity index (χ4v) is 2.60. The molecule has 1 aliphatic carbocycles. The summed E-state index contributed by atoms with van der Waals surface area (Å²) in [5.74, 6) is 1.26. The first-order valence-electron chi connectivity index (χ1n) is 6.83. The molecule has 6 heteroatoms. The fourth-order valence-electron chi connectivity index (χ4n) is 2.60. The highest BCUT2D eigenvalue weighted by Gasteiger charge is 2.20. The van der Waals surface area contributed by atoms with Gasteiger partial charge in [-0.1, -0.05) is 13.3 Å². The predicted octanol–water partition coefficient (Wildman–Crippen LogP) is 1.64. The summed E-state index contributed by atoms with van der Waals surface area (Å²) in [5.41, 5.74) is 2.38. The number of aromatic amines is 1. The standard InChI is InChI=1S/C13H18N6/c1-2-14-10-5-3-4-6-11-9(10)7-15-12(18-11)13-16-8-17-19-13/h7-8,10,14H,2-6H2,1H3,(H,16,17,19). The lowest BCUT2D eigenvalue weighted by molar-refractivity contribution is 0.502. The minimum absolute atomic E-state index is 0.381. The monoisotopic (exact) mass is 258 g/mol. The maximum atomic E-state index is 4.66. The van der Waals surface area contributed by atoms with Crippen molar-refractivity contribution < 1.29 is 0 Å². The van der Waals surface area contributed by atoms with E-state index in [9.17, 15) is 0 Å². The van der Waals surface area contributed by atoms with E-state index in [-0.39, 0.29) is 0 Å². The Morgan fingerprint density at radius 2 is 2.32 bits per heavy atom. The van der Waals surface area contributed by atoms with Crippen molar-refractivity contribution in [3.8, 4) is 11.6 Å². The molecule has 0 spiro atoms. The Balaban J connectivity index is 1.97. The van der Waals surface area contributed by atoms with Crippen LogP contribution in [0.4, 0.5) is 0 Å². The average Bonchev–Trinajstić information content (AvgIpc) is 2.89. The van der Waals surface area contributed by atoms with E-state index >= 15 is 0 Å². The highest BCUT2D eigenvalue weighted by Crippen LogP contribution is 2.27. The summed E-state index contributed by atoms with van der Waals surface area (Å²) in [7, 11) is 0. The van der Waals surface area contributed by atoms with Gasteiger partial charge >= 0.3 is 0 Å². The van der Waals surface area contributed by atoms with Crippen LogP contribution in [0.1, 0.15) is 43.5 Å². The minimum Gasteiger partial charge on any atom is -0.310 e. The maximum absolute atomic E-state index is 4.66. The lowest BCUT2D eigenvalue weighted by Crippen LogP contribution is -2.21. The third kappa shape index (κ3) is 2.49. The zero-order valence-corrected chi connectivity index (χ0v) is 11.1. The van der Waals surface area contributed by atoms with Gasteiger partial charge in [0.1, 0.15) is 6.33 Å². The number of aryl methyl sites for hydroxylation is 1. The van der Waals surface area contributed by atoms with Gasteiger partial charge in [-0.2, -0.15) is 5.10 Å². The quantitative estimate of drug-likeness (QED) is 0.818. The number of hydrogen-bond acceptors (Lipinski definition) is 5. The first kappa shape index (κ1) is 12.2. The van der Waals surface area contributed by atoms with Gasteiger partial charge in [-0.15, -0.1) is 0 Å². The van der Waals surface area contributed by atoms with Gasteiger partial charge in [0.05, 0.1) is 0 Å². The molecule has 1 atom stereocenters. The molecule has 0 amide bonds. The van der Waals surface area contributed by atoms with Crippen LogP contribution in [0.25, 0.3) is 11.6 Å². The van der Waals surface area contributed by atoms with Crippen molar-refractivity contribution in [2.75, 3.05) is 6.54 Å². The van der Waals surface area contributed by atoms with Crippen molar-refractivity contribution in [2.24, 2.45) is 0 Å². The SMILES string of the molecule is CCNC1CCCCc2nc(-c3ncn[nH]3)ncc21. The van der Waals surface area contributed by atoms with Gasteiger partial charge in [0.2, 0.25) is 0 Å². The molecule has 0 radical (unpaired) electrons. The Labute approximate surface area is 112 Å². The molecule has 0 saturated heterocycles. The first-order valence-corrected chi connectivity index (χ1v) is 6.83. The van der Waals surface area contributed by atoms with Crippen LogP contribution >= 0.6 is 0 Å². The molecule has 0 bridgehead atoms. The first-order chi connectivity index (χ1) is 9.38. The van der Waals surface area contributed by atoms with E-state index in [0.717, 1.165) is 25.1 Å². The smallest absolute Gasteiger partial charge is 0.197 e. The molecule has 1 unspecified atom stereocenters. The summed E-state index contributed by atoms with van der Waals surface area (Å²) in [6.45, 7) is 3.10. The molecule has 2 aromatic rings. The number of nitrogens with zero attached hydrogens (tertiary/aromatic N) is 4. The number of aromatic nitrogens is 5. The largest absolute Gasteiger partial charge is 0.310 e. The summed E-state index contributed by atoms with van der Waals surface area (Å²) in [4.78, 5) is 13.2. The van der Waals surface area contributed by atoms with E-state index in [1.54, 1.807) is 0 Å². The molecule has 6 nitrogen and oxygen atoms in total. The zero-order chi connectivity index (χ0) is 13.1. The summed E-state index contributed by atoms with van der Waals surface area (Å²) in [5, 5.41) is 10.2. The third-order valence-corrected chi connectivity index (χ3v) is 3.51. The van der Waals surface area contributed by atoms with E-state index in [4.69, 9.17) is 0 Å². The van der Waals surface area contributed by atoms with Crippen molar-refractivity contribution >= 4 is 0 Å². The van der Waals surface area contributed by atoms with Gasteiger partial charge in [0.15, 0.2) is 11.6 Å². The summed E-state index contributed by atoms with van der Waals surface area (Å²) >= 11 is 0. The molecule has 2 heterocycles. The Morgan fingerprint density at radius 1 is 1.37 bits per heavy atom. The Kier molecular flexibility index (Phi) is 3.50. The molecular formula is C13H18N6. The Hall–Kier alpha value is -1.82. The van der Waals surface area contributed by atoms with E-state index in [2.05, 4.69) is 37.4 Å². The van der Waals surface area contributed by atoms with Crippen LogP contribution in [0.3, 0.4) is 0 Å². The normalized spacial score (nSPS) is 18.9. The van der Waals surface area contributed by atoms with Gasteiger partial charge in [-0.25, -0.2) is 15.0 Å². The molecule has 2 aromatic heterocycles. The van der Waals surface area contributed by atoms with Gasteiger partial charge in [-0.05, 0) is 25.8 Å². The second-order valence-electron chi connectivity index (χ2n) is 4.79. The summed E-state index contributed by atoms with van der Waals surface area (Å²) in [6.07, 6.45) is 8.00. The molecule has 0 saturated carbocycles. The number of rotatable bonds is 3. The molecule has 3 rings (SSSR count). The molecule has 0 fully saturated rings. The second-order valence-corrected chi connectivity index (χ2v) is 4.79. The minimum atomic E-state index is 0.381. The van der Waals surface area contributed by atoms with Crippen molar-refractivity contribution in [3.05, 3.63) is 23.8 Å². The van der Waals surface area contributed by atoms with Gasteiger partial charge in [0.25, 0.3) is 0 Å². The lowest BCUT2D eigenvalue weighted by atomic mass is 10.1. The van der Waals surface area contributed by atoms with Crippen LogP contribution < -0.4 is 5.32 Å². The van der Waals surface area contributed by atoms with Crippen LogP contribution in [0, 0.1) is 0 Å². The van der Waals surface area contributed by atoms with Crippen LogP contribution in [0.5, 0.6) is 0 Å². The van der Waals surface area contributed by atoms with Crippen molar-refractivity contribution in [3.63, 3.8) is 0 Å². The van der Waals surface area contributed by atoms with Crippen LogP contribution in [-0.2, 0) is 6.42 Å². The zero-order valence-electron chi connectivity index (χ0n) is 11.1. The molecule has 2 N–H and O–H groups in total. The molecule has 100 valence electrons. The summed E-state index contributed by atoms with van der Waals surface area (Å²) < 4.78 is 0. The lowest BCUT2D eigenvalue weighted by Gasteiger charge is -2.17. The van der Waals surface area contributed by atoms with Crippen LogP contribution in [-0.4, -0.2) is 31.7 Å². The van der Waals surface area contributed by atoms with Crippen LogP contribution in [0.2, 0.25) is 0 Å². The van der Waals surface area contributed by atoms with E-state index in [1.165, 1.54) is 24.7 Å². The van der Waals surface area contributed by atoms with E-state index in [1.807, 2.05) is 6.20 Å². The molecule has 0 aliphatic heterocycles. The van der Waals surface area contributed by atoms with Crippen molar-refractivity contribution in [1.82, 2.24) is 30.5 Å². The summed E-state index contributed by atoms with van der Waals surface area (Å²) in [6, 6.07) is 0.381. The number of fused-ring (bicyclic) bond motifs is 1. The van der Waals surface area contributed by atoms with Gasteiger partial charge < -0.3 is 5.32 Å². The molecule has 1 aliphatic rings. The number of H-pyrrole nitrogens is 1. The third-order valence-electron chi connectivity index (χ3n) is 3.51. The predicted molar refractivity (Wildman–Crippen MR) is 71.4 cm³/mol. The van der Waals surface area contributed by atoms with Crippen molar-refractivity contribution in [1.29, 1.82) is 0 Å². The highest BCUT2D eigenvalue weighted by molar-refractivity contribution is 5.43. The molecule has 19 heavy (non-hydrogen) atoms.